The highest BCUT2D eigenvalue weighted by molar-refractivity contribution is 6.19. The molecule has 0 amide bonds. The first kappa shape index (κ1) is 36.9. The fourth-order valence-corrected chi connectivity index (χ4v) is 10.1. The summed E-state index contributed by atoms with van der Waals surface area (Å²) >= 11 is 0. The molecule has 0 saturated carbocycles. The van der Waals surface area contributed by atoms with E-state index in [1.165, 1.54) is 54.7 Å². The van der Waals surface area contributed by atoms with Crippen molar-refractivity contribution in [2.45, 2.75) is 0 Å². The topological polar surface area (TPSA) is 21.3 Å². The van der Waals surface area contributed by atoms with Gasteiger partial charge in [0.25, 0.3) is 0 Å². The fourth-order valence-electron chi connectivity index (χ4n) is 10.1. The molecule has 0 bridgehead atoms. The number of hydrogen-bond donors (Lipinski definition) is 0. The molecule has 11 aromatic carbocycles. The van der Waals surface area contributed by atoms with Crippen LogP contribution in [-0.2, 0) is 0 Å². The van der Waals surface area contributed by atoms with Crippen molar-refractivity contribution in [1.82, 2.24) is 4.57 Å². The summed E-state index contributed by atoms with van der Waals surface area (Å²) in [6.45, 7) is 0. The maximum absolute atomic E-state index is 6.57. The van der Waals surface area contributed by atoms with E-state index in [1.54, 1.807) is 0 Å². The Balaban J connectivity index is 0.908. The van der Waals surface area contributed by atoms with Gasteiger partial charge in [-0.1, -0.05) is 164 Å². The molecule has 0 radical (unpaired) electrons. The molecule has 0 spiro atoms. The Kier molecular flexibility index (Phi) is 8.53. The summed E-state index contributed by atoms with van der Waals surface area (Å²) in [6.07, 6.45) is 0. The zero-order chi connectivity index (χ0) is 42.8. The molecule has 0 aliphatic heterocycles. The van der Waals surface area contributed by atoms with Gasteiger partial charge < -0.3 is 13.9 Å². The number of fused-ring (bicyclic) bond motifs is 9. The molecule has 0 saturated heterocycles. The Bertz CT molecular complexity index is 3900. The molecular formula is C62H40N2O. The molecule has 0 fully saturated rings. The van der Waals surface area contributed by atoms with Crippen LogP contribution < -0.4 is 4.90 Å². The van der Waals surface area contributed by atoms with E-state index >= 15 is 0 Å². The lowest BCUT2D eigenvalue weighted by Crippen LogP contribution is -2.10. The van der Waals surface area contributed by atoms with Gasteiger partial charge in [0.2, 0.25) is 0 Å². The van der Waals surface area contributed by atoms with Crippen LogP contribution in [0.2, 0.25) is 0 Å². The quantitative estimate of drug-likeness (QED) is 0.160. The molecule has 3 heteroatoms. The molecule has 13 rings (SSSR count). The van der Waals surface area contributed by atoms with Crippen LogP contribution in [0.25, 0.3) is 104 Å². The van der Waals surface area contributed by atoms with Crippen LogP contribution in [-0.4, -0.2) is 4.57 Å². The van der Waals surface area contributed by atoms with Crippen molar-refractivity contribution in [2.75, 3.05) is 4.90 Å². The van der Waals surface area contributed by atoms with Crippen molar-refractivity contribution >= 4 is 82.4 Å². The number of furan rings is 1. The molecule has 3 nitrogen and oxygen atoms in total. The molecule has 13 aromatic rings. The second-order valence-corrected chi connectivity index (χ2v) is 16.9. The van der Waals surface area contributed by atoms with E-state index in [9.17, 15) is 0 Å². The maximum Gasteiger partial charge on any atom is 0.143 e. The molecule has 0 N–H and O–H groups in total. The first-order valence-corrected chi connectivity index (χ1v) is 22.2. The second kappa shape index (κ2) is 15.0. The molecule has 304 valence electrons. The third kappa shape index (κ3) is 6.20. The second-order valence-electron chi connectivity index (χ2n) is 16.9. The largest absolute Gasteiger partial charge is 0.455 e. The normalized spacial score (nSPS) is 11.7. The molecular weight excluding hydrogens is 789 g/mol. The van der Waals surface area contributed by atoms with Crippen LogP contribution in [0.15, 0.2) is 247 Å². The highest BCUT2D eigenvalue weighted by atomic mass is 16.3. The average Bonchev–Trinajstić information content (AvgIpc) is 3.94. The zero-order valence-corrected chi connectivity index (χ0v) is 35.4. The van der Waals surface area contributed by atoms with Crippen LogP contribution in [0.1, 0.15) is 0 Å². The van der Waals surface area contributed by atoms with Gasteiger partial charge in [-0.05, 0) is 128 Å². The number of benzene rings is 11. The highest BCUT2D eigenvalue weighted by Gasteiger charge is 2.18. The number of nitrogens with zero attached hydrogens (tertiary/aromatic N) is 2. The predicted octanol–water partition coefficient (Wildman–Crippen LogP) is 17.5. The smallest absolute Gasteiger partial charge is 0.143 e. The number of anilines is 3. The van der Waals surface area contributed by atoms with Gasteiger partial charge in [0.15, 0.2) is 0 Å². The van der Waals surface area contributed by atoms with Crippen LogP contribution in [0.4, 0.5) is 17.1 Å². The standard InChI is InChI=1S/C62H40N2O/c1-2-14-45-38-48(27-26-41(45)12-1)47-16-10-17-51(40-47)63(50-35-30-44(31-36-50)53-22-11-25-60-61(53)57-37-32-43-13-3-4-19-54(43)62(57)65-60)49-33-28-42(29-34-49)46-15-9-18-52(39-46)64-58-23-7-5-20-55(58)56-21-6-8-24-59(56)64/h1-40H. The van der Waals surface area contributed by atoms with Gasteiger partial charge in [0, 0.05) is 49.7 Å². The van der Waals surface area contributed by atoms with E-state index in [2.05, 4.69) is 252 Å². The van der Waals surface area contributed by atoms with Crippen molar-refractivity contribution in [3.05, 3.63) is 243 Å². The number of hydrogen-bond acceptors (Lipinski definition) is 2. The summed E-state index contributed by atoms with van der Waals surface area (Å²) in [6, 6.07) is 87.7. The van der Waals surface area contributed by atoms with Gasteiger partial charge in [-0.25, -0.2) is 0 Å². The molecule has 2 heterocycles. The van der Waals surface area contributed by atoms with E-state index in [0.29, 0.717) is 0 Å². The van der Waals surface area contributed by atoms with Crippen molar-refractivity contribution in [3.8, 4) is 39.1 Å². The molecule has 0 aliphatic rings. The monoisotopic (exact) mass is 828 g/mol. The average molecular weight is 829 g/mol. The summed E-state index contributed by atoms with van der Waals surface area (Å²) in [4.78, 5) is 2.37. The van der Waals surface area contributed by atoms with Gasteiger partial charge in [-0.15, -0.1) is 0 Å². The van der Waals surface area contributed by atoms with Crippen molar-refractivity contribution < 1.29 is 4.42 Å². The van der Waals surface area contributed by atoms with E-state index in [-0.39, 0.29) is 0 Å². The number of para-hydroxylation sites is 2. The van der Waals surface area contributed by atoms with E-state index in [4.69, 9.17) is 4.42 Å². The Morgan fingerprint density at radius 1 is 0.323 bits per heavy atom. The van der Waals surface area contributed by atoms with Gasteiger partial charge in [-0.2, -0.15) is 0 Å². The van der Waals surface area contributed by atoms with Gasteiger partial charge in [-0.3, -0.25) is 0 Å². The van der Waals surface area contributed by atoms with Crippen LogP contribution >= 0.6 is 0 Å². The first-order valence-electron chi connectivity index (χ1n) is 22.2. The summed E-state index contributed by atoms with van der Waals surface area (Å²) in [5, 5.41) is 9.57. The van der Waals surface area contributed by atoms with Gasteiger partial charge in [0.05, 0.1) is 11.0 Å². The fraction of sp³-hybridized carbons (Fsp3) is 0. The Hall–Kier alpha value is -8.66. The Morgan fingerprint density at radius 3 is 1.65 bits per heavy atom. The Labute approximate surface area is 376 Å². The molecule has 0 atom stereocenters. The minimum absolute atomic E-state index is 0.894. The van der Waals surface area contributed by atoms with E-state index in [1.807, 2.05) is 0 Å². The molecule has 65 heavy (non-hydrogen) atoms. The Morgan fingerprint density at radius 2 is 0.892 bits per heavy atom. The van der Waals surface area contributed by atoms with Crippen LogP contribution in [0.3, 0.4) is 0 Å². The minimum atomic E-state index is 0.894. The van der Waals surface area contributed by atoms with Crippen molar-refractivity contribution in [3.63, 3.8) is 0 Å². The predicted molar refractivity (Wildman–Crippen MR) is 274 cm³/mol. The lowest BCUT2D eigenvalue weighted by molar-refractivity contribution is 0.673. The summed E-state index contributed by atoms with van der Waals surface area (Å²) < 4.78 is 8.95. The number of rotatable bonds is 7. The van der Waals surface area contributed by atoms with Crippen molar-refractivity contribution in [2.24, 2.45) is 0 Å². The molecule has 0 unspecified atom stereocenters. The minimum Gasteiger partial charge on any atom is -0.455 e. The van der Waals surface area contributed by atoms with Crippen LogP contribution in [0.5, 0.6) is 0 Å². The summed E-state index contributed by atoms with van der Waals surface area (Å²) in [7, 11) is 0. The van der Waals surface area contributed by atoms with E-state index in [0.717, 1.165) is 66.8 Å². The van der Waals surface area contributed by atoms with Crippen molar-refractivity contribution in [1.29, 1.82) is 0 Å². The van der Waals surface area contributed by atoms with Gasteiger partial charge >= 0.3 is 0 Å². The first-order chi connectivity index (χ1) is 32.2. The zero-order valence-electron chi connectivity index (χ0n) is 35.4. The van der Waals surface area contributed by atoms with E-state index < -0.39 is 0 Å². The SMILES string of the molecule is c1cc(-c2ccc3ccccc3c2)cc(N(c2ccc(-c3cccc(-n4c5ccccc5c5ccccc54)c3)cc2)c2ccc(-c3cccc4oc5c6ccccc6ccc5c34)cc2)c1. The third-order valence-electron chi connectivity index (χ3n) is 13.2. The lowest BCUT2D eigenvalue weighted by Gasteiger charge is -2.26. The van der Waals surface area contributed by atoms with Crippen LogP contribution in [0, 0.1) is 0 Å². The maximum atomic E-state index is 6.57. The summed E-state index contributed by atoms with van der Waals surface area (Å²) in [5.74, 6) is 0. The summed E-state index contributed by atoms with van der Waals surface area (Å²) in [5.41, 5.74) is 15.6. The molecule has 0 aliphatic carbocycles. The third-order valence-corrected chi connectivity index (χ3v) is 13.2. The lowest BCUT2D eigenvalue weighted by atomic mass is 9.97. The number of aromatic nitrogens is 1. The van der Waals surface area contributed by atoms with Gasteiger partial charge in [0.1, 0.15) is 11.2 Å². The molecule has 2 aromatic heterocycles. The highest BCUT2D eigenvalue weighted by Crippen LogP contribution is 2.43.